The van der Waals surface area contributed by atoms with Gasteiger partial charge in [0.25, 0.3) is 0 Å². The highest BCUT2D eigenvalue weighted by Gasteiger charge is 2.20. The molecule has 0 amide bonds. The Hall–Kier alpha value is -1.36. The van der Waals surface area contributed by atoms with Crippen LogP contribution in [0.3, 0.4) is 0 Å². The molecule has 1 aromatic rings. The molecule has 15 heavy (non-hydrogen) atoms. The summed E-state index contributed by atoms with van der Waals surface area (Å²) >= 11 is 0. The fraction of sp³-hybridized carbons (Fsp3) is 0.600. The molecule has 0 aliphatic heterocycles. The standard InChI is InChI=1S/C10H16N4O/c11-9-3-4-12-10(14-9)13-5-6-15-7-8-1-2-8/h3-4,8H,1-2,5-7H2,(H3,11,12,13,14). The molecular weight excluding hydrogens is 192 g/mol. The Kier molecular flexibility index (Phi) is 3.34. The molecule has 0 radical (unpaired) electrons. The van der Waals surface area contributed by atoms with Crippen LogP contribution in [0.1, 0.15) is 12.8 Å². The molecule has 5 nitrogen and oxygen atoms in total. The Labute approximate surface area is 89.1 Å². The molecule has 0 spiro atoms. The molecule has 0 unspecified atom stereocenters. The van der Waals surface area contributed by atoms with Crippen LogP contribution in [0.2, 0.25) is 0 Å². The summed E-state index contributed by atoms with van der Waals surface area (Å²) in [4.78, 5) is 8.05. The van der Waals surface area contributed by atoms with Gasteiger partial charge in [0.05, 0.1) is 6.61 Å². The fourth-order valence-electron chi connectivity index (χ4n) is 1.23. The van der Waals surface area contributed by atoms with Gasteiger partial charge in [-0.25, -0.2) is 4.98 Å². The van der Waals surface area contributed by atoms with Gasteiger partial charge in [-0.1, -0.05) is 0 Å². The Morgan fingerprint density at radius 3 is 3.13 bits per heavy atom. The smallest absolute Gasteiger partial charge is 0.224 e. The summed E-state index contributed by atoms with van der Waals surface area (Å²) < 4.78 is 5.46. The topological polar surface area (TPSA) is 73.1 Å². The summed E-state index contributed by atoms with van der Waals surface area (Å²) in [7, 11) is 0. The van der Waals surface area contributed by atoms with Crippen molar-refractivity contribution in [1.29, 1.82) is 0 Å². The second kappa shape index (κ2) is 4.93. The van der Waals surface area contributed by atoms with Crippen molar-refractivity contribution in [3.8, 4) is 0 Å². The van der Waals surface area contributed by atoms with Gasteiger partial charge in [0.15, 0.2) is 0 Å². The van der Waals surface area contributed by atoms with E-state index in [-0.39, 0.29) is 0 Å². The molecule has 1 aliphatic rings. The van der Waals surface area contributed by atoms with Crippen molar-refractivity contribution >= 4 is 11.8 Å². The van der Waals surface area contributed by atoms with Crippen LogP contribution < -0.4 is 11.1 Å². The van der Waals surface area contributed by atoms with Gasteiger partial charge in [-0.15, -0.1) is 0 Å². The third-order valence-corrected chi connectivity index (χ3v) is 2.26. The molecule has 0 bridgehead atoms. The van der Waals surface area contributed by atoms with E-state index in [1.165, 1.54) is 12.8 Å². The first kappa shape index (κ1) is 10.2. The van der Waals surface area contributed by atoms with Gasteiger partial charge in [0.2, 0.25) is 5.95 Å². The summed E-state index contributed by atoms with van der Waals surface area (Å²) in [5, 5.41) is 3.05. The number of ether oxygens (including phenoxy) is 1. The summed E-state index contributed by atoms with van der Waals surface area (Å²) in [6.45, 7) is 2.30. The van der Waals surface area contributed by atoms with Crippen molar-refractivity contribution < 1.29 is 4.74 Å². The summed E-state index contributed by atoms with van der Waals surface area (Å²) in [6.07, 6.45) is 4.28. The van der Waals surface area contributed by atoms with Gasteiger partial charge < -0.3 is 15.8 Å². The molecule has 5 heteroatoms. The highest BCUT2D eigenvalue weighted by molar-refractivity contribution is 5.34. The average molecular weight is 208 g/mol. The van der Waals surface area contributed by atoms with Crippen molar-refractivity contribution in [2.75, 3.05) is 30.8 Å². The number of nitrogen functional groups attached to an aromatic ring is 1. The van der Waals surface area contributed by atoms with Crippen molar-refractivity contribution in [2.45, 2.75) is 12.8 Å². The van der Waals surface area contributed by atoms with Crippen LogP contribution in [0.25, 0.3) is 0 Å². The third kappa shape index (κ3) is 3.71. The minimum absolute atomic E-state index is 0.478. The number of hydrogen-bond donors (Lipinski definition) is 2. The van der Waals surface area contributed by atoms with E-state index in [4.69, 9.17) is 10.5 Å². The first-order chi connectivity index (χ1) is 7.34. The SMILES string of the molecule is Nc1ccnc(NCCOCC2CC2)n1. The first-order valence-electron chi connectivity index (χ1n) is 5.25. The Morgan fingerprint density at radius 1 is 1.53 bits per heavy atom. The minimum Gasteiger partial charge on any atom is -0.384 e. The number of anilines is 2. The predicted octanol–water partition coefficient (Wildman–Crippen LogP) is 0.897. The van der Waals surface area contributed by atoms with Crippen molar-refractivity contribution in [3.63, 3.8) is 0 Å². The molecule has 0 saturated heterocycles. The third-order valence-electron chi connectivity index (χ3n) is 2.26. The monoisotopic (exact) mass is 208 g/mol. The fourth-order valence-corrected chi connectivity index (χ4v) is 1.23. The quantitative estimate of drug-likeness (QED) is 0.679. The van der Waals surface area contributed by atoms with Crippen molar-refractivity contribution in [3.05, 3.63) is 12.3 Å². The number of rotatable bonds is 6. The number of nitrogens with one attached hydrogen (secondary N) is 1. The summed E-state index contributed by atoms with van der Waals surface area (Å²) in [5.74, 6) is 1.85. The molecule has 1 saturated carbocycles. The lowest BCUT2D eigenvalue weighted by atomic mass is 10.5. The second-order valence-corrected chi connectivity index (χ2v) is 3.75. The number of hydrogen-bond acceptors (Lipinski definition) is 5. The molecule has 1 aromatic heterocycles. The zero-order chi connectivity index (χ0) is 10.5. The normalized spacial score (nSPS) is 15.2. The maximum Gasteiger partial charge on any atom is 0.224 e. The van der Waals surface area contributed by atoms with E-state index in [2.05, 4.69) is 15.3 Å². The van der Waals surface area contributed by atoms with Crippen LogP contribution in [0, 0.1) is 5.92 Å². The van der Waals surface area contributed by atoms with Gasteiger partial charge >= 0.3 is 0 Å². The zero-order valence-corrected chi connectivity index (χ0v) is 8.65. The molecule has 1 heterocycles. The predicted molar refractivity (Wildman–Crippen MR) is 58.5 cm³/mol. The van der Waals surface area contributed by atoms with Crippen molar-refractivity contribution in [1.82, 2.24) is 9.97 Å². The maximum absolute atomic E-state index is 5.51. The molecular formula is C10H16N4O. The van der Waals surface area contributed by atoms with E-state index in [0.29, 0.717) is 18.4 Å². The van der Waals surface area contributed by atoms with E-state index in [9.17, 15) is 0 Å². The molecule has 3 N–H and O–H groups in total. The van der Waals surface area contributed by atoms with Crippen LogP contribution in [0.5, 0.6) is 0 Å². The number of nitrogens with two attached hydrogens (primary N) is 1. The average Bonchev–Trinajstić information content (AvgIpc) is 3.01. The summed E-state index contributed by atoms with van der Waals surface area (Å²) in [5.41, 5.74) is 5.51. The number of aromatic nitrogens is 2. The van der Waals surface area contributed by atoms with Crippen LogP contribution in [-0.4, -0.2) is 29.7 Å². The van der Waals surface area contributed by atoms with E-state index >= 15 is 0 Å². The van der Waals surface area contributed by atoms with E-state index in [1.807, 2.05) is 0 Å². The molecule has 0 aromatic carbocycles. The van der Waals surface area contributed by atoms with Crippen LogP contribution >= 0.6 is 0 Å². The molecule has 1 aliphatic carbocycles. The molecule has 2 rings (SSSR count). The van der Waals surface area contributed by atoms with Gasteiger partial charge in [-0.05, 0) is 24.8 Å². The second-order valence-electron chi connectivity index (χ2n) is 3.75. The Balaban J connectivity index is 1.60. The maximum atomic E-state index is 5.51. The highest BCUT2D eigenvalue weighted by Crippen LogP contribution is 2.28. The Morgan fingerprint density at radius 2 is 2.40 bits per heavy atom. The van der Waals surface area contributed by atoms with Gasteiger partial charge in [0, 0.05) is 19.3 Å². The van der Waals surface area contributed by atoms with Crippen LogP contribution in [0.4, 0.5) is 11.8 Å². The van der Waals surface area contributed by atoms with E-state index in [0.717, 1.165) is 19.1 Å². The lowest BCUT2D eigenvalue weighted by molar-refractivity contribution is 0.133. The summed E-state index contributed by atoms with van der Waals surface area (Å²) in [6, 6.07) is 1.66. The largest absolute Gasteiger partial charge is 0.384 e. The molecule has 82 valence electrons. The zero-order valence-electron chi connectivity index (χ0n) is 8.65. The van der Waals surface area contributed by atoms with E-state index < -0.39 is 0 Å². The number of nitrogens with zero attached hydrogens (tertiary/aromatic N) is 2. The molecule has 0 atom stereocenters. The first-order valence-corrected chi connectivity index (χ1v) is 5.25. The highest BCUT2D eigenvalue weighted by atomic mass is 16.5. The van der Waals surface area contributed by atoms with E-state index in [1.54, 1.807) is 12.3 Å². The lowest BCUT2D eigenvalue weighted by Gasteiger charge is -2.05. The van der Waals surface area contributed by atoms with Gasteiger partial charge in [-0.3, -0.25) is 0 Å². The Bertz CT molecular complexity index is 314. The van der Waals surface area contributed by atoms with Gasteiger partial charge in [-0.2, -0.15) is 4.98 Å². The van der Waals surface area contributed by atoms with Crippen molar-refractivity contribution in [2.24, 2.45) is 5.92 Å². The minimum atomic E-state index is 0.478. The van der Waals surface area contributed by atoms with Crippen LogP contribution in [0.15, 0.2) is 12.3 Å². The van der Waals surface area contributed by atoms with Gasteiger partial charge in [0.1, 0.15) is 5.82 Å². The molecule has 1 fully saturated rings. The lowest BCUT2D eigenvalue weighted by Crippen LogP contribution is -2.12. The van der Waals surface area contributed by atoms with Crippen LogP contribution in [-0.2, 0) is 4.74 Å².